The first-order valence-electron chi connectivity index (χ1n) is 5.42. The Balaban J connectivity index is 0.00000256. The number of rotatable bonds is 5. The van der Waals surface area contributed by atoms with Crippen molar-refractivity contribution in [2.75, 3.05) is 6.61 Å². The van der Waals surface area contributed by atoms with E-state index < -0.39 is 6.09 Å². The average Bonchev–Trinajstić information content (AvgIpc) is 2.34. The van der Waals surface area contributed by atoms with Crippen molar-refractivity contribution in [3.63, 3.8) is 0 Å². The first-order valence-corrected chi connectivity index (χ1v) is 5.42. The van der Waals surface area contributed by atoms with Crippen molar-refractivity contribution in [1.29, 1.82) is 0 Å². The summed E-state index contributed by atoms with van der Waals surface area (Å²) >= 11 is 0. The van der Waals surface area contributed by atoms with Crippen LogP contribution < -0.4 is 11.1 Å². The first kappa shape index (κ1) is 15.7. The smallest absolute Gasteiger partial charge is 0.407 e. The van der Waals surface area contributed by atoms with Gasteiger partial charge in [0.25, 0.3) is 0 Å². The van der Waals surface area contributed by atoms with E-state index in [1.54, 1.807) is 0 Å². The normalized spacial score (nSPS) is 11.2. The highest BCUT2D eigenvalue weighted by molar-refractivity contribution is 5.85. The monoisotopic (exact) mass is 258 g/mol. The summed E-state index contributed by atoms with van der Waals surface area (Å²) in [6.07, 6.45) is 0.374. The van der Waals surface area contributed by atoms with Crippen LogP contribution in [-0.4, -0.2) is 18.7 Å². The number of alkyl carbamates (subject to hydrolysis) is 1. The summed E-state index contributed by atoms with van der Waals surface area (Å²) in [5, 5.41) is 2.66. The fraction of sp³-hybridized carbons (Fsp3) is 0.417. The molecule has 1 atom stereocenters. The molecule has 1 aromatic rings. The molecule has 0 heterocycles. The molecule has 0 aliphatic carbocycles. The van der Waals surface area contributed by atoms with Gasteiger partial charge in [0.1, 0.15) is 6.61 Å². The minimum Gasteiger partial charge on any atom is -0.448 e. The summed E-state index contributed by atoms with van der Waals surface area (Å²) in [6.45, 7) is 2.69. The third kappa shape index (κ3) is 6.81. The molecule has 17 heavy (non-hydrogen) atoms. The van der Waals surface area contributed by atoms with Crippen LogP contribution in [0.3, 0.4) is 0 Å². The van der Waals surface area contributed by atoms with E-state index in [1.807, 2.05) is 37.3 Å². The Labute approximate surface area is 108 Å². The van der Waals surface area contributed by atoms with Crippen LogP contribution in [0.4, 0.5) is 4.79 Å². The number of amides is 1. The molecular formula is C12H19ClN2O2. The Morgan fingerprint density at radius 3 is 2.65 bits per heavy atom. The van der Waals surface area contributed by atoms with Gasteiger partial charge >= 0.3 is 6.09 Å². The summed E-state index contributed by atoms with van der Waals surface area (Å²) in [4.78, 5) is 11.2. The van der Waals surface area contributed by atoms with E-state index in [4.69, 9.17) is 10.5 Å². The van der Waals surface area contributed by atoms with Gasteiger partial charge in [-0.2, -0.15) is 0 Å². The van der Waals surface area contributed by atoms with Crippen molar-refractivity contribution >= 4 is 18.5 Å². The molecule has 1 aromatic carbocycles. The Bertz CT molecular complexity index is 320. The largest absolute Gasteiger partial charge is 0.448 e. The lowest BCUT2D eigenvalue weighted by Gasteiger charge is -2.10. The van der Waals surface area contributed by atoms with Crippen molar-refractivity contribution in [2.45, 2.75) is 25.9 Å². The Morgan fingerprint density at radius 1 is 1.41 bits per heavy atom. The molecule has 1 amide bonds. The topological polar surface area (TPSA) is 64.3 Å². The number of hydrogen-bond donors (Lipinski definition) is 2. The van der Waals surface area contributed by atoms with Crippen LogP contribution in [0.15, 0.2) is 30.3 Å². The van der Waals surface area contributed by atoms with Gasteiger partial charge in [0.2, 0.25) is 0 Å². The Hall–Kier alpha value is -1.26. The van der Waals surface area contributed by atoms with Gasteiger partial charge in [-0.15, -0.1) is 12.4 Å². The maximum Gasteiger partial charge on any atom is 0.407 e. The molecular weight excluding hydrogens is 240 g/mol. The van der Waals surface area contributed by atoms with Gasteiger partial charge in [0.15, 0.2) is 0 Å². The number of ether oxygens (including phenoxy) is 1. The summed E-state index contributed by atoms with van der Waals surface area (Å²) in [6, 6.07) is 9.59. The molecule has 4 nitrogen and oxygen atoms in total. The van der Waals surface area contributed by atoms with E-state index in [9.17, 15) is 4.79 Å². The van der Waals surface area contributed by atoms with Gasteiger partial charge in [-0.3, -0.25) is 0 Å². The molecule has 5 heteroatoms. The van der Waals surface area contributed by atoms with Crippen molar-refractivity contribution in [1.82, 2.24) is 5.32 Å². The second kappa shape index (κ2) is 8.84. The highest BCUT2D eigenvalue weighted by Gasteiger charge is 2.04. The zero-order valence-corrected chi connectivity index (χ0v) is 10.7. The molecule has 0 unspecified atom stereocenters. The van der Waals surface area contributed by atoms with Gasteiger partial charge in [0.05, 0.1) is 0 Å². The molecule has 0 aromatic heterocycles. The summed E-state index contributed by atoms with van der Waals surface area (Å²) in [5.74, 6) is 0. The molecule has 0 fully saturated rings. The predicted molar refractivity (Wildman–Crippen MR) is 70.1 cm³/mol. The summed E-state index contributed by atoms with van der Waals surface area (Å²) < 4.78 is 4.94. The molecule has 0 bridgehead atoms. The number of nitrogens with one attached hydrogen (secondary N) is 1. The van der Waals surface area contributed by atoms with Crippen LogP contribution in [0.25, 0.3) is 0 Å². The molecule has 0 saturated carbocycles. The predicted octanol–water partition coefficient (Wildman–Crippen LogP) is 2.07. The fourth-order valence-electron chi connectivity index (χ4n) is 1.12. The molecule has 0 spiro atoms. The van der Waals surface area contributed by atoms with Gasteiger partial charge in [-0.1, -0.05) is 37.3 Å². The second-order valence-electron chi connectivity index (χ2n) is 3.61. The SMILES string of the molecule is CC[C@H](N)COC(=O)NCc1ccccc1.Cl. The van der Waals surface area contributed by atoms with Crippen molar-refractivity contribution in [3.05, 3.63) is 35.9 Å². The fourth-order valence-corrected chi connectivity index (χ4v) is 1.12. The zero-order chi connectivity index (χ0) is 11.8. The highest BCUT2D eigenvalue weighted by atomic mass is 35.5. The molecule has 0 aliphatic heterocycles. The van der Waals surface area contributed by atoms with E-state index in [2.05, 4.69) is 5.32 Å². The van der Waals surface area contributed by atoms with E-state index in [0.717, 1.165) is 12.0 Å². The molecule has 0 aliphatic rings. The summed E-state index contributed by atoms with van der Waals surface area (Å²) in [7, 11) is 0. The molecule has 0 saturated heterocycles. The van der Waals surface area contributed by atoms with Crippen molar-refractivity contribution in [3.8, 4) is 0 Å². The minimum absolute atomic E-state index is 0. The quantitative estimate of drug-likeness (QED) is 0.850. The number of carbonyl (C=O) groups is 1. The summed E-state index contributed by atoms with van der Waals surface area (Å²) in [5.41, 5.74) is 6.66. The number of halogens is 1. The van der Waals surface area contributed by atoms with Gasteiger partial charge in [-0.25, -0.2) is 4.79 Å². The molecule has 0 radical (unpaired) electrons. The maximum atomic E-state index is 11.2. The van der Waals surface area contributed by atoms with E-state index in [1.165, 1.54) is 0 Å². The van der Waals surface area contributed by atoms with Crippen molar-refractivity contribution < 1.29 is 9.53 Å². The van der Waals surface area contributed by atoms with E-state index >= 15 is 0 Å². The average molecular weight is 259 g/mol. The second-order valence-corrected chi connectivity index (χ2v) is 3.61. The third-order valence-electron chi connectivity index (χ3n) is 2.23. The molecule has 96 valence electrons. The van der Waals surface area contributed by atoms with Crippen LogP contribution in [-0.2, 0) is 11.3 Å². The van der Waals surface area contributed by atoms with E-state index in [0.29, 0.717) is 6.54 Å². The molecule has 3 N–H and O–H groups in total. The zero-order valence-electron chi connectivity index (χ0n) is 9.89. The lowest BCUT2D eigenvalue weighted by molar-refractivity contribution is 0.138. The lowest BCUT2D eigenvalue weighted by atomic mass is 10.2. The number of nitrogens with two attached hydrogens (primary N) is 1. The number of hydrogen-bond acceptors (Lipinski definition) is 3. The number of carbonyl (C=O) groups excluding carboxylic acids is 1. The van der Waals surface area contributed by atoms with Crippen LogP contribution >= 0.6 is 12.4 Å². The van der Waals surface area contributed by atoms with E-state index in [-0.39, 0.29) is 25.1 Å². The maximum absolute atomic E-state index is 11.2. The van der Waals surface area contributed by atoms with Gasteiger partial charge < -0.3 is 15.8 Å². The Morgan fingerprint density at radius 2 is 2.06 bits per heavy atom. The van der Waals surface area contributed by atoms with Crippen LogP contribution in [0.2, 0.25) is 0 Å². The van der Waals surface area contributed by atoms with Gasteiger partial charge in [-0.05, 0) is 12.0 Å². The van der Waals surface area contributed by atoms with Crippen molar-refractivity contribution in [2.24, 2.45) is 5.73 Å². The van der Waals surface area contributed by atoms with Crippen LogP contribution in [0.1, 0.15) is 18.9 Å². The highest BCUT2D eigenvalue weighted by Crippen LogP contribution is 1.97. The number of benzene rings is 1. The lowest BCUT2D eigenvalue weighted by Crippen LogP contribution is -2.31. The molecule has 1 rings (SSSR count). The van der Waals surface area contributed by atoms with Crippen LogP contribution in [0.5, 0.6) is 0 Å². The minimum atomic E-state index is -0.423. The third-order valence-corrected chi connectivity index (χ3v) is 2.23. The van der Waals surface area contributed by atoms with Gasteiger partial charge in [0, 0.05) is 12.6 Å². The standard InChI is InChI=1S/C12H18N2O2.ClH/c1-2-11(13)9-16-12(15)14-8-10-6-4-3-5-7-10;/h3-7,11H,2,8-9,13H2,1H3,(H,14,15);1H/t11-;/m0./s1. The van der Waals surface area contributed by atoms with Crippen LogP contribution in [0, 0.1) is 0 Å². The first-order chi connectivity index (χ1) is 7.72. The Kier molecular flexibility index (Phi) is 8.19.